The predicted molar refractivity (Wildman–Crippen MR) is 92.5 cm³/mol. The highest BCUT2D eigenvalue weighted by Crippen LogP contribution is 2.39. The Kier molecular flexibility index (Phi) is 4.30. The molecule has 1 N–H and O–H groups in total. The second-order valence-corrected chi connectivity index (χ2v) is 8.23. The summed E-state index contributed by atoms with van der Waals surface area (Å²) < 4.78 is 0. The largest absolute Gasteiger partial charge is 0.337 e. The first kappa shape index (κ1) is 16.2. The Labute approximate surface area is 143 Å². The summed E-state index contributed by atoms with van der Waals surface area (Å²) in [4.78, 5) is 23.0. The van der Waals surface area contributed by atoms with Crippen molar-refractivity contribution in [2.24, 2.45) is 5.92 Å². The van der Waals surface area contributed by atoms with Crippen LogP contribution in [0.5, 0.6) is 0 Å². The van der Waals surface area contributed by atoms with Crippen LogP contribution in [-0.2, 0) is 4.79 Å². The number of aryl methyl sites for hydroxylation is 2. The van der Waals surface area contributed by atoms with Crippen LogP contribution in [0.25, 0.3) is 10.2 Å². The predicted octanol–water partition coefficient (Wildman–Crippen LogP) is 3.21. The summed E-state index contributed by atoms with van der Waals surface area (Å²) in [5.41, 5.74) is 0.432. The topological polar surface area (TPSA) is 78.7 Å². The van der Waals surface area contributed by atoms with Crippen LogP contribution in [-0.4, -0.2) is 27.2 Å². The average molecular weight is 346 g/mol. The number of thioether (sulfide) groups is 1. The lowest BCUT2D eigenvalue weighted by atomic mass is 9.98. The molecule has 1 fully saturated rings. The maximum absolute atomic E-state index is 12.2. The van der Waals surface area contributed by atoms with Crippen molar-refractivity contribution < 1.29 is 4.79 Å². The third-order valence-corrected chi connectivity index (χ3v) is 6.40. The number of carbonyl (C=O) groups excluding carboxylic acids is 1. The van der Waals surface area contributed by atoms with Gasteiger partial charge in [-0.1, -0.05) is 11.8 Å². The van der Waals surface area contributed by atoms with Crippen LogP contribution in [0.15, 0.2) is 11.4 Å². The van der Waals surface area contributed by atoms with Gasteiger partial charge in [0.15, 0.2) is 0 Å². The van der Waals surface area contributed by atoms with Gasteiger partial charge in [-0.15, -0.1) is 11.3 Å². The molecule has 7 heteroatoms. The van der Waals surface area contributed by atoms with Gasteiger partial charge in [-0.3, -0.25) is 4.79 Å². The SMILES string of the molecule is Cc1sc2ncnc(SCC(=O)N[C@@](C)(C#N)C3CC3)c2c1C. The number of thiophene rings is 1. The molecule has 0 bridgehead atoms. The van der Waals surface area contributed by atoms with Gasteiger partial charge >= 0.3 is 0 Å². The molecule has 1 amide bonds. The Morgan fingerprint density at radius 1 is 1.52 bits per heavy atom. The average Bonchev–Trinajstić information content (AvgIpc) is 3.33. The van der Waals surface area contributed by atoms with E-state index in [1.807, 2.05) is 6.92 Å². The van der Waals surface area contributed by atoms with Crippen LogP contribution in [0, 0.1) is 31.1 Å². The van der Waals surface area contributed by atoms with Crippen molar-refractivity contribution in [1.29, 1.82) is 5.26 Å². The molecule has 0 saturated heterocycles. The zero-order valence-electron chi connectivity index (χ0n) is 13.3. The zero-order chi connectivity index (χ0) is 16.6. The highest BCUT2D eigenvalue weighted by molar-refractivity contribution is 8.00. The number of nitrogens with one attached hydrogen (secondary N) is 1. The van der Waals surface area contributed by atoms with E-state index in [-0.39, 0.29) is 17.6 Å². The van der Waals surface area contributed by atoms with Gasteiger partial charge < -0.3 is 5.32 Å². The van der Waals surface area contributed by atoms with Crippen molar-refractivity contribution in [1.82, 2.24) is 15.3 Å². The molecule has 3 rings (SSSR count). The lowest BCUT2D eigenvalue weighted by Gasteiger charge is -2.22. The molecular formula is C16H18N4OS2. The van der Waals surface area contributed by atoms with Gasteiger partial charge in [0.05, 0.1) is 11.8 Å². The molecule has 2 aromatic rings. The van der Waals surface area contributed by atoms with E-state index in [0.29, 0.717) is 0 Å². The second kappa shape index (κ2) is 6.10. The molecule has 0 aromatic carbocycles. The minimum absolute atomic E-state index is 0.123. The quantitative estimate of drug-likeness (QED) is 0.664. The molecule has 0 unspecified atom stereocenters. The minimum Gasteiger partial charge on any atom is -0.337 e. The fraction of sp³-hybridized carbons (Fsp3) is 0.500. The third kappa shape index (κ3) is 3.19. The third-order valence-electron chi connectivity index (χ3n) is 4.30. The Hall–Kier alpha value is -1.65. The van der Waals surface area contributed by atoms with Crippen molar-refractivity contribution in [3.63, 3.8) is 0 Å². The van der Waals surface area contributed by atoms with Crippen LogP contribution in [0.1, 0.15) is 30.2 Å². The van der Waals surface area contributed by atoms with Gasteiger partial charge in [-0.25, -0.2) is 9.97 Å². The van der Waals surface area contributed by atoms with Gasteiger partial charge in [-0.2, -0.15) is 5.26 Å². The molecule has 0 spiro atoms. The van der Waals surface area contributed by atoms with Crippen LogP contribution in [0.3, 0.4) is 0 Å². The van der Waals surface area contributed by atoms with E-state index in [9.17, 15) is 10.1 Å². The summed E-state index contributed by atoms with van der Waals surface area (Å²) >= 11 is 3.05. The van der Waals surface area contributed by atoms with E-state index in [1.54, 1.807) is 17.7 Å². The molecule has 2 heterocycles. The first-order valence-corrected chi connectivity index (χ1v) is 9.30. The van der Waals surface area contributed by atoms with E-state index in [4.69, 9.17) is 0 Å². The molecule has 1 saturated carbocycles. The van der Waals surface area contributed by atoms with Crippen molar-refractivity contribution in [2.75, 3.05) is 5.75 Å². The first-order chi connectivity index (χ1) is 10.9. The fourth-order valence-electron chi connectivity index (χ4n) is 2.60. The maximum Gasteiger partial charge on any atom is 0.231 e. The lowest BCUT2D eigenvalue weighted by Crippen LogP contribution is -2.47. The normalized spacial score (nSPS) is 16.8. The van der Waals surface area contributed by atoms with Crippen LogP contribution < -0.4 is 5.32 Å². The molecule has 120 valence electrons. The Morgan fingerprint density at radius 3 is 2.91 bits per heavy atom. The van der Waals surface area contributed by atoms with E-state index in [2.05, 4.69) is 35.2 Å². The number of nitrogens with zero attached hydrogens (tertiary/aromatic N) is 3. The minimum atomic E-state index is -0.743. The number of nitriles is 1. The molecule has 5 nitrogen and oxygen atoms in total. The second-order valence-electron chi connectivity index (χ2n) is 6.07. The van der Waals surface area contributed by atoms with E-state index in [1.165, 1.54) is 22.2 Å². The number of rotatable bonds is 5. The molecule has 0 aliphatic heterocycles. The maximum atomic E-state index is 12.2. The van der Waals surface area contributed by atoms with Gasteiger partial charge in [0, 0.05) is 10.3 Å². The summed E-state index contributed by atoms with van der Waals surface area (Å²) in [5.74, 6) is 0.418. The smallest absolute Gasteiger partial charge is 0.231 e. The van der Waals surface area contributed by atoms with E-state index >= 15 is 0 Å². The Balaban J connectivity index is 1.71. The van der Waals surface area contributed by atoms with Crippen molar-refractivity contribution in [3.8, 4) is 6.07 Å². The number of aromatic nitrogens is 2. The fourth-order valence-corrected chi connectivity index (χ4v) is 4.52. The number of hydrogen-bond acceptors (Lipinski definition) is 6. The highest BCUT2D eigenvalue weighted by atomic mass is 32.2. The van der Waals surface area contributed by atoms with E-state index in [0.717, 1.165) is 28.1 Å². The van der Waals surface area contributed by atoms with Gasteiger partial charge in [0.25, 0.3) is 0 Å². The standard InChI is InChI=1S/C16H18N4OS2/c1-9-10(2)23-15-13(9)14(18-8-19-15)22-6-12(21)20-16(3,7-17)11-4-5-11/h8,11H,4-6H2,1-3H3,(H,20,21)/t16-/m0/s1. The molecule has 1 aliphatic rings. The van der Waals surface area contributed by atoms with Gasteiger partial charge in [0.1, 0.15) is 21.7 Å². The van der Waals surface area contributed by atoms with Crippen LogP contribution in [0.4, 0.5) is 0 Å². The molecule has 2 aromatic heterocycles. The molecule has 1 atom stereocenters. The summed E-state index contributed by atoms with van der Waals surface area (Å²) in [6, 6.07) is 2.25. The highest BCUT2D eigenvalue weighted by Gasteiger charge is 2.42. The summed E-state index contributed by atoms with van der Waals surface area (Å²) in [5, 5.41) is 14.1. The number of hydrogen-bond donors (Lipinski definition) is 1. The summed E-state index contributed by atoms with van der Waals surface area (Å²) in [6.45, 7) is 5.93. The number of amides is 1. The summed E-state index contributed by atoms with van der Waals surface area (Å²) in [6.07, 6.45) is 3.57. The molecule has 1 aliphatic carbocycles. The monoisotopic (exact) mass is 346 g/mol. The van der Waals surface area contributed by atoms with Crippen LogP contribution >= 0.6 is 23.1 Å². The number of carbonyl (C=O) groups is 1. The molecular weight excluding hydrogens is 328 g/mol. The Morgan fingerprint density at radius 2 is 2.26 bits per heavy atom. The van der Waals surface area contributed by atoms with Gasteiger partial charge in [-0.05, 0) is 45.1 Å². The van der Waals surface area contributed by atoms with Crippen LogP contribution in [0.2, 0.25) is 0 Å². The molecule has 23 heavy (non-hydrogen) atoms. The lowest BCUT2D eigenvalue weighted by molar-refractivity contribution is -0.119. The van der Waals surface area contributed by atoms with Crippen molar-refractivity contribution in [2.45, 2.75) is 44.2 Å². The van der Waals surface area contributed by atoms with Gasteiger partial charge in [0.2, 0.25) is 5.91 Å². The van der Waals surface area contributed by atoms with Crippen molar-refractivity contribution in [3.05, 3.63) is 16.8 Å². The Bertz CT molecular complexity index is 806. The zero-order valence-corrected chi connectivity index (χ0v) is 15.0. The summed E-state index contributed by atoms with van der Waals surface area (Å²) in [7, 11) is 0. The van der Waals surface area contributed by atoms with Crippen molar-refractivity contribution >= 4 is 39.2 Å². The number of fused-ring (bicyclic) bond motifs is 1. The van der Waals surface area contributed by atoms with E-state index < -0.39 is 5.54 Å². The first-order valence-electron chi connectivity index (χ1n) is 7.50. The molecule has 0 radical (unpaired) electrons.